The Balaban J connectivity index is 1.75. The number of ether oxygens (including phenoxy) is 3. The Labute approximate surface area is 259 Å². The second-order valence-corrected chi connectivity index (χ2v) is 10.6. The van der Waals surface area contributed by atoms with E-state index in [4.69, 9.17) is 14.2 Å². The molecule has 16 nitrogen and oxygen atoms in total. The van der Waals surface area contributed by atoms with Crippen LogP contribution >= 0.6 is 0 Å². The first-order valence-corrected chi connectivity index (χ1v) is 13.6. The van der Waals surface area contributed by atoms with E-state index in [0.717, 1.165) is 13.2 Å². The maximum Gasteiger partial charge on any atom is 0.341 e. The number of non-ortho nitro benzene ring substituents is 2. The van der Waals surface area contributed by atoms with Gasteiger partial charge in [0.25, 0.3) is 11.4 Å². The summed E-state index contributed by atoms with van der Waals surface area (Å²) >= 11 is 0. The van der Waals surface area contributed by atoms with Crippen molar-refractivity contribution in [2.45, 2.75) is 18.0 Å². The van der Waals surface area contributed by atoms with Gasteiger partial charge in [-0.3, -0.25) is 39.9 Å². The summed E-state index contributed by atoms with van der Waals surface area (Å²) in [5.74, 6) is -7.16. The molecule has 2 aliphatic heterocycles. The molecule has 4 unspecified atom stereocenters. The number of methoxy groups -OCH3 is 3. The number of benzene rings is 3. The van der Waals surface area contributed by atoms with Crippen molar-refractivity contribution >= 4 is 40.8 Å². The van der Waals surface area contributed by atoms with Crippen molar-refractivity contribution in [2.24, 2.45) is 11.8 Å². The van der Waals surface area contributed by atoms with Crippen LogP contribution in [0.15, 0.2) is 60.7 Å². The number of nitro groups is 2. The maximum atomic E-state index is 14.3. The van der Waals surface area contributed by atoms with Crippen LogP contribution in [0.25, 0.3) is 0 Å². The van der Waals surface area contributed by atoms with E-state index in [0.29, 0.717) is 4.90 Å². The molecule has 3 aromatic rings. The smallest absolute Gasteiger partial charge is 0.341 e. The van der Waals surface area contributed by atoms with E-state index in [1.165, 1.54) is 68.8 Å². The first kappa shape index (κ1) is 31.5. The van der Waals surface area contributed by atoms with Crippen molar-refractivity contribution in [1.29, 1.82) is 0 Å². The van der Waals surface area contributed by atoms with Crippen LogP contribution in [-0.4, -0.2) is 65.6 Å². The number of hydrogen-bond acceptors (Lipinski definition) is 12. The third-order valence-electron chi connectivity index (χ3n) is 8.25. The number of hydrogen-bond donors (Lipinski definition) is 2. The van der Waals surface area contributed by atoms with E-state index in [9.17, 15) is 44.5 Å². The van der Waals surface area contributed by atoms with Gasteiger partial charge in [-0.05, 0) is 23.3 Å². The molecule has 0 bridgehead atoms. The topological polar surface area (TPSA) is 218 Å². The highest BCUT2D eigenvalue weighted by molar-refractivity contribution is 6.24. The van der Waals surface area contributed by atoms with E-state index in [1.807, 2.05) is 0 Å². The number of carboxylic acid groups (broad SMARTS) is 1. The van der Waals surface area contributed by atoms with Gasteiger partial charge < -0.3 is 19.3 Å². The van der Waals surface area contributed by atoms with Crippen LogP contribution in [-0.2, 0) is 25.5 Å². The fourth-order valence-corrected chi connectivity index (χ4v) is 6.22. The lowest BCUT2D eigenvalue weighted by molar-refractivity contribution is -0.385. The summed E-state index contributed by atoms with van der Waals surface area (Å²) < 4.78 is 15.8. The predicted octanol–water partition coefficient (Wildman–Crippen LogP) is 2.82. The summed E-state index contributed by atoms with van der Waals surface area (Å²) in [7, 11) is 3.73. The molecule has 2 N–H and O–H groups in total. The third kappa shape index (κ3) is 5.03. The summed E-state index contributed by atoms with van der Waals surface area (Å²) in [5, 5.41) is 36.5. The molecule has 0 aromatic heterocycles. The first-order chi connectivity index (χ1) is 21.9. The van der Waals surface area contributed by atoms with Crippen molar-refractivity contribution in [1.82, 2.24) is 5.32 Å². The van der Waals surface area contributed by atoms with Gasteiger partial charge in [0.15, 0.2) is 0 Å². The average molecular weight is 635 g/mol. The highest BCUT2D eigenvalue weighted by Gasteiger charge is 2.69. The minimum atomic E-state index is -2.21. The van der Waals surface area contributed by atoms with Crippen LogP contribution in [0.5, 0.6) is 11.5 Å². The Morgan fingerprint density at radius 3 is 2.17 bits per heavy atom. The lowest BCUT2D eigenvalue weighted by Gasteiger charge is -2.31. The van der Waals surface area contributed by atoms with E-state index in [-0.39, 0.29) is 39.6 Å². The molecular formula is C30H26N4O12. The van der Waals surface area contributed by atoms with Crippen molar-refractivity contribution < 1.29 is 48.3 Å². The molecule has 3 aromatic carbocycles. The number of carbonyl (C=O) groups excluding carboxylic acids is 3. The quantitative estimate of drug-likeness (QED) is 0.142. The molecule has 2 heterocycles. The number of anilines is 1. The van der Waals surface area contributed by atoms with Crippen molar-refractivity contribution in [3.05, 3.63) is 97.6 Å². The fraction of sp³-hybridized carbons (Fsp3) is 0.267. The fourth-order valence-electron chi connectivity index (χ4n) is 6.22. The van der Waals surface area contributed by atoms with Gasteiger partial charge >= 0.3 is 11.9 Å². The minimum Gasteiger partial charge on any atom is -0.497 e. The van der Waals surface area contributed by atoms with E-state index in [2.05, 4.69) is 5.32 Å². The Morgan fingerprint density at radius 2 is 1.61 bits per heavy atom. The Hall–Kier alpha value is -5.90. The lowest BCUT2D eigenvalue weighted by Crippen LogP contribution is -2.57. The van der Waals surface area contributed by atoms with Crippen LogP contribution in [0.4, 0.5) is 17.1 Å². The SMILES string of the molecule is COC(=O)c1c(OC)cc(OC)cc1C1NC(Cc2ccc([N+](=O)[O-])cc2)(C(=O)O)C2C(=O)N(c3cccc([N+](=O)[O-])c3)C(=O)C12. The van der Waals surface area contributed by atoms with Crippen molar-refractivity contribution in [2.75, 3.05) is 26.2 Å². The molecule has 2 amide bonds. The number of carbonyl (C=O) groups is 4. The highest BCUT2D eigenvalue weighted by atomic mass is 16.6. The number of amides is 2. The summed E-state index contributed by atoms with van der Waals surface area (Å²) in [6, 6.07) is 11.2. The zero-order valence-corrected chi connectivity index (χ0v) is 24.5. The Bertz CT molecular complexity index is 1790. The summed E-state index contributed by atoms with van der Waals surface area (Å²) in [5.41, 5.74) is -2.87. The zero-order valence-electron chi connectivity index (χ0n) is 24.5. The summed E-state index contributed by atoms with van der Waals surface area (Å²) in [4.78, 5) is 77.0. The van der Waals surface area contributed by atoms with Crippen LogP contribution in [0.2, 0.25) is 0 Å². The van der Waals surface area contributed by atoms with Gasteiger partial charge in [0.1, 0.15) is 22.6 Å². The molecular weight excluding hydrogens is 608 g/mol. The standard InChI is InChI=1S/C30H26N4O12/c1-44-19-12-20(22(28(37)46-3)21(13-19)45-2)25-23-24(27(36)32(26(23)35)17-5-4-6-18(11-17)34(42)43)30(31-25,29(38)39)14-15-7-9-16(10-8-15)33(40)41/h4-13,23-25,31H,14H2,1-3H3,(H,38,39). The monoisotopic (exact) mass is 634 g/mol. The number of rotatable bonds is 10. The number of carboxylic acids is 1. The molecule has 2 fully saturated rings. The predicted molar refractivity (Wildman–Crippen MR) is 156 cm³/mol. The van der Waals surface area contributed by atoms with Gasteiger partial charge in [-0.1, -0.05) is 18.2 Å². The van der Waals surface area contributed by atoms with Gasteiger partial charge in [0.2, 0.25) is 11.8 Å². The normalized spacial score (nSPS) is 21.9. The van der Waals surface area contributed by atoms with Gasteiger partial charge in [0.05, 0.1) is 48.7 Å². The molecule has 2 aliphatic rings. The van der Waals surface area contributed by atoms with Gasteiger partial charge in [-0.2, -0.15) is 0 Å². The second kappa shape index (κ2) is 11.9. The average Bonchev–Trinajstić information content (AvgIpc) is 3.53. The Morgan fingerprint density at radius 1 is 0.935 bits per heavy atom. The largest absolute Gasteiger partial charge is 0.497 e. The maximum absolute atomic E-state index is 14.3. The van der Waals surface area contributed by atoms with Crippen LogP contribution < -0.4 is 19.7 Å². The summed E-state index contributed by atoms with van der Waals surface area (Å²) in [6.45, 7) is 0. The number of nitrogens with one attached hydrogen (secondary N) is 1. The molecule has 5 rings (SSSR count). The molecule has 4 atom stereocenters. The molecule has 16 heteroatoms. The molecule has 238 valence electrons. The van der Waals surface area contributed by atoms with Gasteiger partial charge in [-0.25, -0.2) is 9.69 Å². The molecule has 0 aliphatic carbocycles. The number of fused-ring (bicyclic) bond motifs is 1. The molecule has 0 saturated carbocycles. The lowest BCUT2D eigenvalue weighted by atomic mass is 9.76. The van der Waals surface area contributed by atoms with Crippen LogP contribution in [0, 0.1) is 32.1 Å². The van der Waals surface area contributed by atoms with E-state index in [1.54, 1.807) is 0 Å². The first-order valence-electron chi connectivity index (χ1n) is 13.6. The minimum absolute atomic E-state index is 0.0185. The van der Waals surface area contributed by atoms with Crippen LogP contribution in [0.1, 0.15) is 27.5 Å². The zero-order chi connectivity index (χ0) is 33.5. The van der Waals surface area contributed by atoms with Crippen molar-refractivity contribution in [3.8, 4) is 11.5 Å². The molecule has 0 radical (unpaired) electrons. The highest BCUT2D eigenvalue weighted by Crippen LogP contribution is 2.52. The van der Waals surface area contributed by atoms with Gasteiger partial charge in [0, 0.05) is 42.8 Å². The summed E-state index contributed by atoms with van der Waals surface area (Å²) in [6.07, 6.45) is -0.422. The van der Waals surface area contributed by atoms with E-state index < -0.39 is 69.1 Å². The molecule has 0 spiro atoms. The van der Waals surface area contributed by atoms with E-state index >= 15 is 0 Å². The number of esters is 1. The van der Waals surface area contributed by atoms with Crippen LogP contribution in [0.3, 0.4) is 0 Å². The Kier molecular flexibility index (Phi) is 8.15. The second-order valence-electron chi connectivity index (χ2n) is 10.6. The number of nitrogens with zero attached hydrogens (tertiary/aromatic N) is 3. The number of imide groups is 1. The van der Waals surface area contributed by atoms with Gasteiger partial charge in [-0.15, -0.1) is 0 Å². The number of aliphatic carboxylic acids is 1. The molecule has 46 heavy (non-hydrogen) atoms. The number of nitro benzene ring substituents is 2. The third-order valence-corrected chi connectivity index (χ3v) is 8.25. The van der Waals surface area contributed by atoms with Crippen molar-refractivity contribution in [3.63, 3.8) is 0 Å². The molecule has 2 saturated heterocycles.